The minimum Gasteiger partial charge on any atom is -0.478 e. The van der Waals surface area contributed by atoms with Crippen LogP contribution in [-0.2, 0) is 16.1 Å². The summed E-state index contributed by atoms with van der Waals surface area (Å²) in [5.41, 5.74) is 1.21. The van der Waals surface area contributed by atoms with E-state index in [0.717, 1.165) is 0 Å². The number of anilines is 2. The predicted molar refractivity (Wildman–Crippen MR) is 78.6 cm³/mol. The van der Waals surface area contributed by atoms with Crippen LogP contribution in [0.25, 0.3) is 0 Å². The van der Waals surface area contributed by atoms with Crippen LogP contribution < -0.4 is 10.6 Å². The molecule has 0 unspecified atom stereocenters. The van der Waals surface area contributed by atoms with Crippen LogP contribution in [-0.4, -0.2) is 32.7 Å². The highest BCUT2D eigenvalue weighted by Crippen LogP contribution is 2.13. The van der Waals surface area contributed by atoms with E-state index in [1.165, 1.54) is 24.0 Å². The molecule has 0 fully saturated rings. The van der Waals surface area contributed by atoms with E-state index in [-0.39, 0.29) is 23.9 Å². The lowest BCUT2D eigenvalue weighted by atomic mass is 10.2. The van der Waals surface area contributed by atoms with E-state index in [2.05, 4.69) is 15.7 Å². The van der Waals surface area contributed by atoms with Crippen LogP contribution in [0.2, 0.25) is 0 Å². The zero-order chi connectivity index (χ0) is 16.1. The molecule has 0 atom stereocenters. The van der Waals surface area contributed by atoms with Gasteiger partial charge in [0, 0.05) is 24.5 Å². The Bertz CT molecular complexity index is 706. The van der Waals surface area contributed by atoms with Gasteiger partial charge in [-0.2, -0.15) is 5.10 Å². The van der Waals surface area contributed by atoms with Gasteiger partial charge in [-0.1, -0.05) is 0 Å². The van der Waals surface area contributed by atoms with Gasteiger partial charge in [0.2, 0.25) is 11.8 Å². The van der Waals surface area contributed by atoms with E-state index < -0.39 is 5.97 Å². The maximum atomic E-state index is 11.8. The third-order valence-corrected chi connectivity index (χ3v) is 2.67. The SMILES string of the molecule is CC(=O)Nc1ccc(NC(=O)Cn2cc(C(=O)O)cn2)cc1. The van der Waals surface area contributed by atoms with Crippen molar-refractivity contribution in [2.75, 3.05) is 10.6 Å². The van der Waals surface area contributed by atoms with Gasteiger partial charge in [0.05, 0.1) is 11.8 Å². The molecule has 3 N–H and O–H groups in total. The Hall–Kier alpha value is -3.16. The third kappa shape index (κ3) is 4.17. The number of nitrogens with zero attached hydrogens (tertiary/aromatic N) is 2. The van der Waals surface area contributed by atoms with Crippen LogP contribution in [0.3, 0.4) is 0 Å². The molecular weight excluding hydrogens is 288 g/mol. The van der Waals surface area contributed by atoms with Crippen LogP contribution in [0.4, 0.5) is 11.4 Å². The smallest absolute Gasteiger partial charge is 0.338 e. The monoisotopic (exact) mass is 302 g/mol. The Morgan fingerprint density at radius 3 is 2.23 bits per heavy atom. The summed E-state index contributed by atoms with van der Waals surface area (Å²) in [7, 11) is 0. The quantitative estimate of drug-likeness (QED) is 0.767. The second-order valence-corrected chi connectivity index (χ2v) is 4.54. The topological polar surface area (TPSA) is 113 Å². The van der Waals surface area contributed by atoms with Crippen molar-refractivity contribution in [3.05, 3.63) is 42.2 Å². The van der Waals surface area contributed by atoms with E-state index in [1.807, 2.05) is 0 Å². The summed E-state index contributed by atoms with van der Waals surface area (Å²) in [5.74, 6) is -1.61. The Labute approximate surface area is 125 Å². The molecule has 22 heavy (non-hydrogen) atoms. The summed E-state index contributed by atoms with van der Waals surface area (Å²) in [6, 6.07) is 6.62. The minimum atomic E-state index is -1.10. The van der Waals surface area contributed by atoms with Crippen molar-refractivity contribution in [3.8, 4) is 0 Å². The fourth-order valence-corrected chi connectivity index (χ4v) is 1.75. The Morgan fingerprint density at radius 1 is 1.14 bits per heavy atom. The van der Waals surface area contributed by atoms with Crippen molar-refractivity contribution < 1.29 is 19.5 Å². The van der Waals surface area contributed by atoms with E-state index in [0.29, 0.717) is 11.4 Å². The van der Waals surface area contributed by atoms with Crippen LogP contribution in [0.1, 0.15) is 17.3 Å². The second-order valence-electron chi connectivity index (χ2n) is 4.54. The number of nitrogens with one attached hydrogen (secondary N) is 2. The standard InChI is InChI=1S/C14H14N4O4/c1-9(19)16-11-2-4-12(5-3-11)17-13(20)8-18-7-10(6-15-18)14(21)22/h2-7H,8H2,1H3,(H,16,19)(H,17,20)(H,21,22). The molecule has 0 aliphatic heterocycles. The van der Waals surface area contributed by atoms with Crippen LogP contribution in [0, 0.1) is 0 Å². The Kier molecular flexibility index (Phi) is 4.52. The first-order valence-corrected chi connectivity index (χ1v) is 6.37. The highest BCUT2D eigenvalue weighted by molar-refractivity contribution is 5.92. The van der Waals surface area contributed by atoms with Gasteiger partial charge in [0.1, 0.15) is 6.54 Å². The van der Waals surface area contributed by atoms with Crippen molar-refractivity contribution >= 4 is 29.2 Å². The molecule has 1 heterocycles. The lowest BCUT2D eigenvalue weighted by Gasteiger charge is -2.07. The van der Waals surface area contributed by atoms with Crippen LogP contribution >= 0.6 is 0 Å². The molecule has 8 nitrogen and oxygen atoms in total. The van der Waals surface area contributed by atoms with Gasteiger partial charge in [0.15, 0.2) is 0 Å². The molecule has 2 amide bonds. The maximum absolute atomic E-state index is 11.8. The van der Waals surface area contributed by atoms with Crippen molar-refractivity contribution in [3.63, 3.8) is 0 Å². The Morgan fingerprint density at radius 2 is 1.73 bits per heavy atom. The van der Waals surface area contributed by atoms with E-state index in [4.69, 9.17) is 5.11 Å². The molecule has 8 heteroatoms. The van der Waals surface area contributed by atoms with Crippen molar-refractivity contribution in [1.29, 1.82) is 0 Å². The predicted octanol–water partition coefficient (Wildman–Crippen LogP) is 1.18. The molecule has 114 valence electrons. The van der Waals surface area contributed by atoms with Gasteiger partial charge in [-0.25, -0.2) is 4.79 Å². The first kappa shape index (κ1) is 15.2. The summed E-state index contributed by atoms with van der Waals surface area (Å²) in [5, 5.41) is 17.8. The zero-order valence-electron chi connectivity index (χ0n) is 11.7. The number of amides is 2. The van der Waals surface area contributed by atoms with Crippen LogP contribution in [0.15, 0.2) is 36.7 Å². The molecule has 0 bridgehead atoms. The average molecular weight is 302 g/mol. The molecule has 0 saturated heterocycles. The summed E-state index contributed by atoms with van der Waals surface area (Å²) in [6.07, 6.45) is 2.46. The maximum Gasteiger partial charge on any atom is 0.338 e. The third-order valence-electron chi connectivity index (χ3n) is 2.67. The van der Waals surface area contributed by atoms with Gasteiger partial charge < -0.3 is 15.7 Å². The molecule has 0 aliphatic carbocycles. The molecule has 0 aliphatic rings. The summed E-state index contributed by atoms with van der Waals surface area (Å²) >= 11 is 0. The van der Waals surface area contributed by atoms with E-state index in [9.17, 15) is 14.4 Å². The van der Waals surface area contributed by atoms with E-state index >= 15 is 0 Å². The number of hydrogen-bond donors (Lipinski definition) is 3. The first-order chi connectivity index (χ1) is 10.4. The van der Waals surface area contributed by atoms with E-state index in [1.54, 1.807) is 24.3 Å². The summed E-state index contributed by atoms with van der Waals surface area (Å²) in [6.45, 7) is 1.31. The average Bonchev–Trinajstić information content (AvgIpc) is 2.89. The van der Waals surface area contributed by atoms with Gasteiger partial charge >= 0.3 is 5.97 Å². The Balaban J connectivity index is 1.93. The molecule has 0 radical (unpaired) electrons. The number of carboxylic acids is 1. The number of rotatable bonds is 5. The number of carbonyl (C=O) groups excluding carboxylic acids is 2. The highest BCUT2D eigenvalue weighted by Gasteiger charge is 2.09. The number of carboxylic acid groups (broad SMARTS) is 1. The van der Waals surface area contributed by atoms with Gasteiger partial charge in [-0.05, 0) is 24.3 Å². The highest BCUT2D eigenvalue weighted by atomic mass is 16.4. The lowest BCUT2D eigenvalue weighted by Crippen LogP contribution is -2.19. The molecular formula is C14H14N4O4. The fourth-order valence-electron chi connectivity index (χ4n) is 1.75. The van der Waals surface area contributed by atoms with Gasteiger partial charge in [-0.15, -0.1) is 0 Å². The van der Waals surface area contributed by atoms with Crippen molar-refractivity contribution in [1.82, 2.24) is 9.78 Å². The number of hydrogen-bond acceptors (Lipinski definition) is 4. The molecule has 2 aromatic rings. The first-order valence-electron chi connectivity index (χ1n) is 6.37. The second kappa shape index (κ2) is 6.53. The minimum absolute atomic E-state index is 0.0208. The lowest BCUT2D eigenvalue weighted by molar-refractivity contribution is -0.117. The number of aromatic nitrogens is 2. The zero-order valence-corrected chi connectivity index (χ0v) is 11.7. The van der Waals surface area contributed by atoms with Gasteiger partial charge in [0.25, 0.3) is 0 Å². The van der Waals surface area contributed by atoms with Crippen molar-refractivity contribution in [2.24, 2.45) is 0 Å². The molecule has 2 rings (SSSR count). The summed E-state index contributed by atoms with van der Waals surface area (Å²) in [4.78, 5) is 33.4. The van der Waals surface area contributed by atoms with Crippen LogP contribution in [0.5, 0.6) is 0 Å². The number of benzene rings is 1. The molecule has 1 aromatic carbocycles. The largest absolute Gasteiger partial charge is 0.478 e. The molecule has 0 saturated carbocycles. The molecule has 1 aromatic heterocycles. The van der Waals surface area contributed by atoms with Gasteiger partial charge in [-0.3, -0.25) is 14.3 Å². The molecule has 0 spiro atoms. The van der Waals surface area contributed by atoms with Crippen molar-refractivity contribution in [2.45, 2.75) is 13.5 Å². The summed E-state index contributed by atoms with van der Waals surface area (Å²) < 4.78 is 1.24. The normalized spacial score (nSPS) is 10.0. The fraction of sp³-hybridized carbons (Fsp3) is 0.143. The number of aromatic carboxylic acids is 1. The number of carbonyl (C=O) groups is 3.